The Hall–Kier alpha value is -1.62. The molecule has 0 bridgehead atoms. The van der Waals surface area contributed by atoms with Crippen LogP contribution in [0.5, 0.6) is 0 Å². The molecule has 0 fully saturated rings. The Bertz CT molecular complexity index is 466. The fraction of sp³-hybridized carbons (Fsp3) is 0.455. The fourth-order valence-corrected chi connectivity index (χ4v) is 1.55. The first-order chi connectivity index (χ1) is 7.81. The minimum absolute atomic E-state index is 0.235. The molecule has 0 atom stereocenters. The highest BCUT2D eigenvalue weighted by Crippen LogP contribution is 2.09. The van der Waals surface area contributed by atoms with Crippen LogP contribution in [0.3, 0.4) is 0 Å². The van der Waals surface area contributed by atoms with E-state index in [1.807, 2.05) is 25.3 Å². The molecule has 2 aromatic rings. The van der Waals surface area contributed by atoms with Gasteiger partial charge in [0.25, 0.3) is 0 Å². The second-order valence-corrected chi connectivity index (χ2v) is 3.75. The maximum atomic E-state index is 8.65. The summed E-state index contributed by atoms with van der Waals surface area (Å²) in [4.78, 5) is 4.39. The smallest absolute Gasteiger partial charge is 0.243 e. The van der Waals surface area contributed by atoms with Crippen LogP contribution in [0.4, 0.5) is 5.95 Å². The molecule has 0 aliphatic carbocycles. The SMILES string of the molecule is Cc1cccn2nc(NCCCCO)nc12. The van der Waals surface area contributed by atoms with Crippen LogP contribution in [0.15, 0.2) is 18.3 Å². The summed E-state index contributed by atoms with van der Waals surface area (Å²) in [6.45, 7) is 3.04. The van der Waals surface area contributed by atoms with Crippen molar-refractivity contribution in [2.75, 3.05) is 18.5 Å². The third-order valence-electron chi connectivity index (χ3n) is 2.43. The van der Waals surface area contributed by atoms with E-state index in [0.717, 1.165) is 30.6 Å². The topological polar surface area (TPSA) is 62.5 Å². The third-order valence-corrected chi connectivity index (χ3v) is 2.43. The quantitative estimate of drug-likeness (QED) is 0.744. The summed E-state index contributed by atoms with van der Waals surface area (Å²) in [7, 11) is 0. The molecule has 0 aromatic carbocycles. The van der Waals surface area contributed by atoms with Gasteiger partial charge >= 0.3 is 0 Å². The van der Waals surface area contributed by atoms with Crippen LogP contribution in [0.2, 0.25) is 0 Å². The molecule has 0 saturated heterocycles. The molecule has 0 aliphatic heterocycles. The summed E-state index contributed by atoms with van der Waals surface area (Å²) in [5.41, 5.74) is 1.99. The monoisotopic (exact) mass is 220 g/mol. The van der Waals surface area contributed by atoms with Gasteiger partial charge in [-0.25, -0.2) is 4.52 Å². The van der Waals surface area contributed by atoms with Gasteiger partial charge in [-0.3, -0.25) is 0 Å². The van der Waals surface area contributed by atoms with Crippen LogP contribution in [-0.4, -0.2) is 32.9 Å². The van der Waals surface area contributed by atoms with Gasteiger partial charge in [-0.1, -0.05) is 6.07 Å². The first-order valence-corrected chi connectivity index (χ1v) is 5.48. The van der Waals surface area contributed by atoms with Crippen molar-refractivity contribution in [3.05, 3.63) is 23.9 Å². The molecule has 2 aromatic heterocycles. The number of nitrogens with one attached hydrogen (secondary N) is 1. The molecule has 0 unspecified atom stereocenters. The number of fused-ring (bicyclic) bond motifs is 1. The van der Waals surface area contributed by atoms with Gasteiger partial charge < -0.3 is 10.4 Å². The molecule has 5 heteroatoms. The van der Waals surface area contributed by atoms with Crippen LogP contribution < -0.4 is 5.32 Å². The van der Waals surface area contributed by atoms with Crippen LogP contribution in [0.25, 0.3) is 5.65 Å². The molecule has 0 radical (unpaired) electrons. The summed E-state index contributed by atoms with van der Waals surface area (Å²) >= 11 is 0. The van der Waals surface area contributed by atoms with E-state index >= 15 is 0 Å². The number of aromatic nitrogens is 3. The number of aliphatic hydroxyl groups excluding tert-OH is 1. The molecule has 5 nitrogen and oxygen atoms in total. The number of unbranched alkanes of at least 4 members (excludes halogenated alkanes) is 1. The number of nitrogens with zero attached hydrogens (tertiary/aromatic N) is 3. The summed E-state index contributed by atoms with van der Waals surface area (Å²) in [6.07, 6.45) is 3.61. The number of aliphatic hydroxyl groups is 1. The summed E-state index contributed by atoms with van der Waals surface area (Å²) in [5, 5.41) is 16.1. The Labute approximate surface area is 94.1 Å². The van der Waals surface area contributed by atoms with Crippen molar-refractivity contribution >= 4 is 11.6 Å². The zero-order valence-corrected chi connectivity index (χ0v) is 9.35. The molecular weight excluding hydrogens is 204 g/mol. The lowest BCUT2D eigenvalue weighted by Crippen LogP contribution is -2.03. The molecule has 0 spiro atoms. The van der Waals surface area contributed by atoms with Crippen molar-refractivity contribution in [1.29, 1.82) is 0 Å². The van der Waals surface area contributed by atoms with Crippen molar-refractivity contribution in [3.63, 3.8) is 0 Å². The van der Waals surface area contributed by atoms with Gasteiger partial charge in [0.05, 0.1) is 0 Å². The first kappa shape index (κ1) is 10.9. The number of pyridine rings is 1. The van der Waals surface area contributed by atoms with Crippen LogP contribution >= 0.6 is 0 Å². The second-order valence-electron chi connectivity index (χ2n) is 3.75. The maximum Gasteiger partial charge on any atom is 0.243 e. The van der Waals surface area contributed by atoms with E-state index in [1.165, 1.54) is 0 Å². The Morgan fingerprint density at radius 2 is 2.31 bits per heavy atom. The molecular formula is C11H16N4O. The second kappa shape index (κ2) is 4.94. The van der Waals surface area contributed by atoms with E-state index in [4.69, 9.17) is 5.11 Å². The van der Waals surface area contributed by atoms with Crippen molar-refractivity contribution in [2.45, 2.75) is 19.8 Å². The highest BCUT2D eigenvalue weighted by Gasteiger charge is 2.03. The molecule has 16 heavy (non-hydrogen) atoms. The number of hydrogen-bond acceptors (Lipinski definition) is 4. The molecule has 86 valence electrons. The van der Waals surface area contributed by atoms with Gasteiger partial charge in [0.1, 0.15) is 0 Å². The van der Waals surface area contributed by atoms with E-state index in [9.17, 15) is 0 Å². The van der Waals surface area contributed by atoms with E-state index < -0.39 is 0 Å². The Morgan fingerprint density at radius 1 is 1.44 bits per heavy atom. The summed E-state index contributed by atoms with van der Waals surface area (Å²) in [5.74, 6) is 0.646. The largest absolute Gasteiger partial charge is 0.396 e. The predicted molar refractivity (Wildman–Crippen MR) is 62.5 cm³/mol. The molecule has 2 rings (SSSR count). The van der Waals surface area contributed by atoms with Crippen LogP contribution in [0.1, 0.15) is 18.4 Å². The van der Waals surface area contributed by atoms with Gasteiger partial charge in [0, 0.05) is 19.3 Å². The van der Waals surface area contributed by atoms with Gasteiger partial charge in [0.15, 0.2) is 5.65 Å². The zero-order valence-electron chi connectivity index (χ0n) is 9.35. The number of hydrogen-bond donors (Lipinski definition) is 2. The summed E-state index contributed by atoms with van der Waals surface area (Å²) < 4.78 is 1.77. The van der Waals surface area contributed by atoms with Crippen molar-refractivity contribution < 1.29 is 5.11 Å². The van der Waals surface area contributed by atoms with Crippen molar-refractivity contribution in [2.24, 2.45) is 0 Å². The Balaban J connectivity index is 2.05. The highest BCUT2D eigenvalue weighted by atomic mass is 16.2. The average molecular weight is 220 g/mol. The maximum absolute atomic E-state index is 8.65. The minimum Gasteiger partial charge on any atom is -0.396 e. The van der Waals surface area contributed by atoms with Gasteiger partial charge in [0.2, 0.25) is 5.95 Å². The van der Waals surface area contributed by atoms with Crippen molar-refractivity contribution in [3.8, 4) is 0 Å². The van der Waals surface area contributed by atoms with Gasteiger partial charge in [-0.2, -0.15) is 4.98 Å². The fourth-order valence-electron chi connectivity index (χ4n) is 1.55. The minimum atomic E-state index is 0.235. The van der Waals surface area contributed by atoms with E-state index in [2.05, 4.69) is 15.4 Å². The highest BCUT2D eigenvalue weighted by molar-refractivity contribution is 5.49. The molecule has 2 heterocycles. The van der Waals surface area contributed by atoms with Crippen LogP contribution in [-0.2, 0) is 0 Å². The summed E-state index contributed by atoms with van der Waals surface area (Å²) in [6, 6.07) is 3.96. The first-order valence-electron chi connectivity index (χ1n) is 5.48. The third kappa shape index (κ3) is 2.30. The number of anilines is 1. The van der Waals surface area contributed by atoms with Crippen LogP contribution in [0, 0.1) is 6.92 Å². The van der Waals surface area contributed by atoms with E-state index in [1.54, 1.807) is 4.52 Å². The van der Waals surface area contributed by atoms with E-state index in [-0.39, 0.29) is 6.61 Å². The lowest BCUT2D eigenvalue weighted by atomic mass is 10.3. The number of aryl methyl sites for hydroxylation is 1. The molecule has 0 amide bonds. The normalized spacial score (nSPS) is 10.9. The zero-order chi connectivity index (χ0) is 11.4. The Kier molecular flexibility index (Phi) is 3.36. The lowest BCUT2D eigenvalue weighted by Gasteiger charge is -1.98. The van der Waals surface area contributed by atoms with Crippen molar-refractivity contribution in [1.82, 2.24) is 14.6 Å². The van der Waals surface area contributed by atoms with Gasteiger partial charge in [-0.15, -0.1) is 5.10 Å². The van der Waals surface area contributed by atoms with Gasteiger partial charge in [-0.05, 0) is 31.4 Å². The van der Waals surface area contributed by atoms with E-state index in [0.29, 0.717) is 5.95 Å². The molecule has 0 aliphatic rings. The Morgan fingerprint density at radius 3 is 3.06 bits per heavy atom. The molecule has 0 saturated carbocycles. The molecule has 2 N–H and O–H groups in total. The lowest BCUT2D eigenvalue weighted by molar-refractivity contribution is 0.286. The standard InChI is InChI=1S/C11H16N4O/c1-9-5-4-7-15-10(9)13-11(14-15)12-6-2-3-8-16/h4-5,7,16H,2-3,6,8H2,1H3,(H,12,14). The predicted octanol–water partition coefficient (Wildman–Crippen LogP) is 1.22. The number of rotatable bonds is 5. The average Bonchev–Trinajstić information content (AvgIpc) is 2.69.